The molecule has 2 rings (SSSR count). The van der Waals surface area contributed by atoms with Gasteiger partial charge < -0.3 is 19.7 Å². The van der Waals surface area contributed by atoms with Crippen molar-refractivity contribution >= 4 is 5.97 Å². The van der Waals surface area contributed by atoms with E-state index < -0.39 is 24.5 Å². The van der Waals surface area contributed by atoms with Crippen LogP contribution in [0.3, 0.4) is 0 Å². The Hall–Kier alpha value is -0.910. The fourth-order valence-corrected chi connectivity index (χ4v) is 1.33. The summed E-state index contributed by atoms with van der Waals surface area (Å²) in [6.45, 7) is 0.000139. The van der Waals surface area contributed by atoms with E-state index in [1.54, 1.807) is 0 Å². The quantitative estimate of drug-likeness (QED) is 0.437. The van der Waals surface area contributed by atoms with E-state index in [1.165, 1.54) is 6.08 Å². The largest absolute Gasteiger partial charge is 0.449 e. The lowest BCUT2D eigenvalue weighted by atomic mass is 10.0. The average molecular weight is 172 g/mol. The normalized spacial score (nSPS) is 40.3. The zero-order chi connectivity index (χ0) is 8.72. The molecule has 0 bridgehead atoms. The second-order valence-electron chi connectivity index (χ2n) is 2.74. The van der Waals surface area contributed by atoms with Crippen LogP contribution in [0.1, 0.15) is 0 Å². The second kappa shape index (κ2) is 2.55. The van der Waals surface area contributed by atoms with Crippen LogP contribution in [0.25, 0.3) is 0 Å². The van der Waals surface area contributed by atoms with E-state index in [2.05, 4.69) is 4.74 Å². The Morgan fingerprint density at radius 1 is 1.50 bits per heavy atom. The van der Waals surface area contributed by atoms with Crippen molar-refractivity contribution in [3.63, 3.8) is 0 Å². The molecule has 1 fully saturated rings. The lowest BCUT2D eigenvalue weighted by molar-refractivity contribution is -0.196. The molecule has 0 spiro atoms. The highest BCUT2D eigenvalue weighted by Crippen LogP contribution is 2.26. The van der Waals surface area contributed by atoms with Crippen LogP contribution in [0.15, 0.2) is 11.6 Å². The van der Waals surface area contributed by atoms with Gasteiger partial charge in [-0.15, -0.1) is 0 Å². The van der Waals surface area contributed by atoms with Gasteiger partial charge in [0.25, 0.3) is 0 Å². The first kappa shape index (κ1) is 7.72. The Kier molecular flexibility index (Phi) is 1.64. The molecule has 0 unspecified atom stereocenters. The molecular formula is C7H8O5. The highest BCUT2D eigenvalue weighted by Gasteiger charge is 2.40. The van der Waals surface area contributed by atoms with E-state index in [0.717, 1.165) is 0 Å². The fraction of sp³-hybridized carbons (Fsp3) is 0.571. The van der Waals surface area contributed by atoms with Crippen molar-refractivity contribution in [1.82, 2.24) is 0 Å². The maximum atomic E-state index is 10.7. The van der Waals surface area contributed by atoms with E-state index in [4.69, 9.17) is 9.84 Å². The van der Waals surface area contributed by atoms with Crippen molar-refractivity contribution in [2.75, 3.05) is 6.61 Å². The van der Waals surface area contributed by atoms with Crippen molar-refractivity contribution in [1.29, 1.82) is 0 Å². The van der Waals surface area contributed by atoms with Crippen LogP contribution in [-0.4, -0.2) is 41.3 Å². The minimum Gasteiger partial charge on any atom is -0.449 e. The average Bonchev–Trinajstić information content (AvgIpc) is 2.41. The summed E-state index contributed by atoms with van der Waals surface area (Å²) in [4.78, 5) is 10.7. The van der Waals surface area contributed by atoms with Gasteiger partial charge in [-0.3, -0.25) is 0 Å². The zero-order valence-corrected chi connectivity index (χ0v) is 6.14. The molecule has 2 N–H and O–H groups in total. The molecule has 1 saturated heterocycles. The summed E-state index contributed by atoms with van der Waals surface area (Å²) in [7, 11) is 0. The summed E-state index contributed by atoms with van der Waals surface area (Å²) in [6, 6.07) is 0. The third-order valence-corrected chi connectivity index (χ3v) is 1.92. The summed E-state index contributed by atoms with van der Waals surface area (Å²) in [5.74, 6) is -0.543. The molecule has 0 aromatic rings. The Labute approximate surface area is 68.2 Å². The third-order valence-electron chi connectivity index (χ3n) is 1.92. The first-order chi connectivity index (χ1) is 5.68. The van der Waals surface area contributed by atoms with Crippen LogP contribution >= 0.6 is 0 Å². The predicted molar refractivity (Wildman–Crippen MR) is 35.9 cm³/mol. The first-order valence-corrected chi connectivity index (χ1v) is 3.58. The minimum absolute atomic E-state index is 0.000139. The Morgan fingerprint density at radius 3 is 2.92 bits per heavy atom. The molecule has 0 aromatic heterocycles. The lowest BCUT2D eigenvalue weighted by Gasteiger charge is -2.28. The number of carbonyl (C=O) groups excluding carboxylic acids is 1. The SMILES string of the molecule is O=C1C=C2[C@H](O)CO[C@H](O)[C@@H]2O1. The fourth-order valence-electron chi connectivity index (χ4n) is 1.33. The number of ether oxygens (including phenoxy) is 2. The number of aliphatic hydroxyl groups excluding tert-OH is 2. The van der Waals surface area contributed by atoms with Crippen LogP contribution in [0.4, 0.5) is 0 Å². The molecule has 2 heterocycles. The molecule has 2 aliphatic rings. The van der Waals surface area contributed by atoms with Crippen molar-refractivity contribution in [3.05, 3.63) is 11.6 Å². The van der Waals surface area contributed by atoms with Gasteiger partial charge >= 0.3 is 5.97 Å². The summed E-state index contributed by atoms with van der Waals surface area (Å²) in [6.07, 6.45) is -1.61. The molecule has 0 radical (unpaired) electrons. The molecule has 5 nitrogen and oxygen atoms in total. The number of hydrogen-bond acceptors (Lipinski definition) is 5. The molecule has 12 heavy (non-hydrogen) atoms. The molecule has 3 atom stereocenters. The Balaban J connectivity index is 2.26. The van der Waals surface area contributed by atoms with Crippen LogP contribution in [-0.2, 0) is 14.3 Å². The van der Waals surface area contributed by atoms with Crippen molar-refractivity contribution in [2.45, 2.75) is 18.5 Å². The first-order valence-electron chi connectivity index (χ1n) is 3.58. The van der Waals surface area contributed by atoms with Crippen molar-refractivity contribution in [2.24, 2.45) is 0 Å². The van der Waals surface area contributed by atoms with Gasteiger partial charge in [0.2, 0.25) is 0 Å². The summed E-state index contributed by atoms with van der Waals surface area (Å²) >= 11 is 0. The van der Waals surface area contributed by atoms with Crippen LogP contribution in [0.2, 0.25) is 0 Å². The van der Waals surface area contributed by atoms with Gasteiger partial charge in [0.1, 0.15) is 6.10 Å². The minimum atomic E-state index is -1.15. The van der Waals surface area contributed by atoms with E-state index >= 15 is 0 Å². The monoisotopic (exact) mass is 172 g/mol. The van der Waals surface area contributed by atoms with Gasteiger partial charge in [0.05, 0.1) is 6.61 Å². The van der Waals surface area contributed by atoms with Gasteiger partial charge in [-0.25, -0.2) is 4.79 Å². The molecule has 5 heteroatoms. The predicted octanol–water partition coefficient (Wildman–Crippen LogP) is -1.45. The molecule has 2 aliphatic heterocycles. The third kappa shape index (κ3) is 1.03. The van der Waals surface area contributed by atoms with Crippen LogP contribution in [0.5, 0.6) is 0 Å². The topological polar surface area (TPSA) is 76.0 Å². The molecule has 66 valence electrons. The number of hydrogen-bond donors (Lipinski definition) is 2. The second-order valence-corrected chi connectivity index (χ2v) is 2.74. The maximum Gasteiger partial charge on any atom is 0.331 e. The molecule has 0 saturated carbocycles. The molecular weight excluding hydrogens is 164 g/mol. The van der Waals surface area contributed by atoms with E-state index in [9.17, 15) is 9.90 Å². The van der Waals surface area contributed by atoms with E-state index in [-0.39, 0.29) is 6.61 Å². The maximum absolute atomic E-state index is 10.7. The van der Waals surface area contributed by atoms with Gasteiger partial charge in [-0.05, 0) is 0 Å². The Bertz CT molecular complexity index is 246. The smallest absolute Gasteiger partial charge is 0.331 e. The summed E-state index contributed by atoms with van der Waals surface area (Å²) in [5, 5.41) is 18.4. The molecule has 0 aliphatic carbocycles. The van der Waals surface area contributed by atoms with Gasteiger partial charge in [-0.2, -0.15) is 0 Å². The van der Waals surface area contributed by atoms with E-state index in [1.807, 2.05) is 0 Å². The standard InChI is InChI=1S/C7H8O5/c8-4-2-11-7(10)6-3(4)1-5(9)12-6/h1,4,6-8,10H,2H2/t4-,6-,7+/m1/s1. The van der Waals surface area contributed by atoms with E-state index in [0.29, 0.717) is 5.57 Å². The molecule has 0 amide bonds. The van der Waals surface area contributed by atoms with Crippen molar-refractivity contribution in [3.8, 4) is 0 Å². The summed E-state index contributed by atoms with van der Waals surface area (Å²) in [5.41, 5.74) is 0.402. The number of aliphatic hydroxyl groups is 2. The number of fused-ring (bicyclic) bond motifs is 1. The number of carbonyl (C=O) groups is 1. The number of rotatable bonds is 0. The van der Waals surface area contributed by atoms with Crippen LogP contribution in [0, 0.1) is 0 Å². The van der Waals surface area contributed by atoms with Crippen LogP contribution < -0.4 is 0 Å². The highest BCUT2D eigenvalue weighted by molar-refractivity contribution is 5.86. The van der Waals surface area contributed by atoms with Crippen molar-refractivity contribution < 1.29 is 24.5 Å². The lowest BCUT2D eigenvalue weighted by Crippen LogP contribution is -2.42. The molecule has 0 aromatic carbocycles. The van der Waals surface area contributed by atoms with Gasteiger partial charge in [0, 0.05) is 11.6 Å². The summed E-state index contributed by atoms with van der Waals surface area (Å²) < 4.78 is 9.42. The van der Waals surface area contributed by atoms with Gasteiger partial charge in [-0.1, -0.05) is 0 Å². The van der Waals surface area contributed by atoms with Gasteiger partial charge in [0.15, 0.2) is 12.4 Å². The number of esters is 1. The highest BCUT2D eigenvalue weighted by atomic mass is 16.7. The zero-order valence-electron chi connectivity index (χ0n) is 6.14. The Morgan fingerprint density at radius 2 is 2.25 bits per heavy atom.